The molecule has 0 heterocycles. The summed E-state index contributed by atoms with van der Waals surface area (Å²) in [5.74, 6) is 0.369. The summed E-state index contributed by atoms with van der Waals surface area (Å²) >= 11 is 0. The first-order valence-electron chi connectivity index (χ1n) is 7.02. The van der Waals surface area contributed by atoms with E-state index in [1.54, 1.807) is 6.08 Å². The molecule has 0 N–H and O–H groups in total. The molecule has 0 aliphatic rings. The summed E-state index contributed by atoms with van der Waals surface area (Å²) < 4.78 is 10.6. The van der Waals surface area contributed by atoms with E-state index in [0.717, 1.165) is 32.1 Å². The standard InChI is InChI=1S/C15H28O3/c1-6-10-15(9-4,11-7-2)18-14(16)17-12-13(5)8-3/h9,13H,4,6-8,10-12H2,1-3,5H3. The van der Waals surface area contributed by atoms with Gasteiger partial charge >= 0.3 is 6.16 Å². The van der Waals surface area contributed by atoms with Gasteiger partial charge in [-0.1, -0.05) is 53.5 Å². The molecule has 3 heteroatoms. The van der Waals surface area contributed by atoms with E-state index in [2.05, 4.69) is 27.4 Å². The van der Waals surface area contributed by atoms with Crippen molar-refractivity contribution in [3.8, 4) is 0 Å². The zero-order valence-electron chi connectivity index (χ0n) is 12.3. The third kappa shape index (κ3) is 6.08. The largest absolute Gasteiger partial charge is 0.509 e. The van der Waals surface area contributed by atoms with Gasteiger partial charge in [0.1, 0.15) is 5.60 Å². The first-order valence-corrected chi connectivity index (χ1v) is 7.02. The molecule has 0 aliphatic carbocycles. The van der Waals surface area contributed by atoms with Crippen LogP contribution in [0.3, 0.4) is 0 Å². The topological polar surface area (TPSA) is 35.5 Å². The molecular formula is C15H28O3. The van der Waals surface area contributed by atoms with Crippen LogP contribution in [-0.4, -0.2) is 18.4 Å². The number of carbonyl (C=O) groups is 1. The van der Waals surface area contributed by atoms with Crippen LogP contribution in [0.1, 0.15) is 59.8 Å². The number of hydrogen-bond donors (Lipinski definition) is 0. The maximum Gasteiger partial charge on any atom is 0.509 e. The Morgan fingerprint density at radius 3 is 2.22 bits per heavy atom. The van der Waals surface area contributed by atoms with E-state index in [4.69, 9.17) is 9.47 Å². The lowest BCUT2D eigenvalue weighted by molar-refractivity contribution is -0.0236. The molecule has 1 atom stereocenters. The maximum atomic E-state index is 11.7. The molecule has 1 unspecified atom stereocenters. The highest BCUT2D eigenvalue weighted by Gasteiger charge is 2.30. The second-order valence-electron chi connectivity index (χ2n) is 4.95. The molecule has 18 heavy (non-hydrogen) atoms. The van der Waals surface area contributed by atoms with Crippen molar-refractivity contribution in [3.05, 3.63) is 12.7 Å². The maximum absolute atomic E-state index is 11.7. The Morgan fingerprint density at radius 1 is 1.28 bits per heavy atom. The minimum absolute atomic E-state index is 0.369. The molecule has 0 saturated carbocycles. The summed E-state index contributed by atoms with van der Waals surface area (Å²) in [6, 6.07) is 0. The van der Waals surface area contributed by atoms with Crippen molar-refractivity contribution in [1.82, 2.24) is 0 Å². The molecule has 0 spiro atoms. The Kier molecular flexibility index (Phi) is 8.51. The fraction of sp³-hybridized carbons (Fsp3) is 0.800. The van der Waals surface area contributed by atoms with Crippen molar-refractivity contribution in [3.63, 3.8) is 0 Å². The molecule has 0 radical (unpaired) electrons. The van der Waals surface area contributed by atoms with Gasteiger partial charge in [-0.25, -0.2) is 4.79 Å². The lowest BCUT2D eigenvalue weighted by Gasteiger charge is -2.29. The van der Waals surface area contributed by atoms with E-state index < -0.39 is 11.8 Å². The van der Waals surface area contributed by atoms with Crippen LogP contribution in [0.2, 0.25) is 0 Å². The van der Waals surface area contributed by atoms with Gasteiger partial charge in [0.2, 0.25) is 0 Å². The molecule has 0 aromatic rings. The van der Waals surface area contributed by atoms with E-state index in [0.29, 0.717) is 12.5 Å². The van der Waals surface area contributed by atoms with Gasteiger partial charge < -0.3 is 9.47 Å². The van der Waals surface area contributed by atoms with Gasteiger partial charge in [0, 0.05) is 0 Å². The van der Waals surface area contributed by atoms with E-state index in [-0.39, 0.29) is 0 Å². The van der Waals surface area contributed by atoms with Crippen molar-refractivity contribution in [2.75, 3.05) is 6.61 Å². The van der Waals surface area contributed by atoms with Crippen molar-refractivity contribution >= 4 is 6.16 Å². The van der Waals surface area contributed by atoms with Crippen LogP contribution in [0.4, 0.5) is 4.79 Å². The van der Waals surface area contributed by atoms with Gasteiger partial charge in [0.05, 0.1) is 6.61 Å². The summed E-state index contributed by atoms with van der Waals surface area (Å²) in [7, 11) is 0. The summed E-state index contributed by atoms with van der Waals surface area (Å²) in [5, 5.41) is 0. The number of hydrogen-bond acceptors (Lipinski definition) is 3. The Balaban J connectivity index is 4.38. The van der Waals surface area contributed by atoms with Gasteiger partial charge in [-0.15, -0.1) is 0 Å². The average Bonchev–Trinajstić information content (AvgIpc) is 2.36. The molecule has 0 rings (SSSR count). The minimum atomic E-state index is -0.572. The Labute approximate surface area is 112 Å². The molecular weight excluding hydrogens is 228 g/mol. The molecule has 0 amide bonds. The summed E-state index contributed by atoms with van der Waals surface area (Å²) in [4.78, 5) is 11.7. The number of ether oxygens (including phenoxy) is 2. The van der Waals surface area contributed by atoms with Crippen LogP contribution in [0.25, 0.3) is 0 Å². The third-order valence-corrected chi connectivity index (χ3v) is 3.19. The van der Waals surface area contributed by atoms with Gasteiger partial charge in [-0.3, -0.25) is 0 Å². The summed E-state index contributed by atoms with van der Waals surface area (Å²) in [6.45, 7) is 12.5. The lowest BCUT2D eigenvalue weighted by Crippen LogP contribution is -2.33. The van der Waals surface area contributed by atoms with Crippen LogP contribution in [0.5, 0.6) is 0 Å². The Morgan fingerprint density at radius 2 is 1.83 bits per heavy atom. The van der Waals surface area contributed by atoms with Gasteiger partial charge in [0.15, 0.2) is 0 Å². The molecule has 106 valence electrons. The zero-order chi connectivity index (χ0) is 14.0. The second-order valence-corrected chi connectivity index (χ2v) is 4.95. The Bertz CT molecular complexity index is 242. The lowest BCUT2D eigenvalue weighted by atomic mass is 9.93. The monoisotopic (exact) mass is 256 g/mol. The van der Waals surface area contributed by atoms with E-state index >= 15 is 0 Å². The van der Waals surface area contributed by atoms with Crippen molar-refractivity contribution < 1.29 is 14.3 Å². The molecule has 0 aromatic heterocycles. The van der Waals surface area contributed by atoms with E-state index in [9.17, 15) is 4.79 Å². The van der Waals surface area contributed by atoms with Crippen LogP contribution in [0.15, 0.2) is 12.7 Å². The Hall–Kier alpha value is -0.990. The smallest absolute Gasteiger partial charge is 0.434 e. The molecule has 0 aromatic carbocycles. The zero-order valence-corrected chi connectivity index (χ0v) is 12.3. The SMILES string of the molecule is C=CC(CCC)(CCC)OC(=O)OCC(C)CC. The highest BCUT2D eigenvalue weighted by atomic mass is 16.7. The van der Waals surface area contributed by atoms with Crippen molar-refractivity contribution in [2.45, 2.75) is 65.4 Å². The van der Waals surface area contributed by atoms with E-state index in [1.807, 2.05) is 6.92 Å². The first-order chi connectivity index (χ1) is 8.53. The van der Waals surface area contributed by atoms with Crippen LogP contribution in [-0.2, 0) is 9.47 Å². The summed E-state index contributed by atoms with van der Waals surface area (Å²) in [6.07, 6.45) is 5.65. The number of carbonyl (C=O) groups excluding carboxylic acids is 1. The highest BCUT2D eigenvalue weighted by Crippen LogP contribution is 2.26. The van der Waals surface area contributed by atoms with Crippen LogP contribution >= 0.6 is 0 Å². The fourth-order valence-corrected chi connectivity index (χ4v) is 1.84. The predicted molar refractivity (Wildman–Crippen MR) is 74.6 cm³/mol. The number of rotatable bonds is 9. The van der Waals surface area contributed by atoms with Gasteiger partial charge in [-0.2, -0.15) is 0 Å². The van der Waals surface area contributed by atoms with Crippen LogP contribution in [0, 0.1) is 5.92 Å². The average molecular weight is 256 g/mol. The van der Waals surface area contributed by atoms with Crippen molar-refractivity contribution in [1.29, 1.82) is 0 Å². The summed E-state index contributed by atoms with van der Waals surface area (Å²) in [5.41, 5.74) is -0.559. The van der Waals surface area contributed by atoms with Crippen LogP contribution < -0.4 is 0 Å². The quantitative estimate of drug-likeness (QED) is 0.442. The molecule has 0 fully saturated rings. The minimum Gasteiger partial charge on any atom is -0.434 e. The predicted octanol–water partition coefficient (Wildman–Crippen LogP) is 4.71. The normalized spacial score (nSPS) is 12.9. The molecule has 0 aliphatic heterocycles. The third-order valence-electron chi connectivity index (χ3n) is 3.19. The van der Waals surface area contributed by atoms with E-state index in [1.165, 1.54) is 0 Å². The van der Waals surface area contributed by atoms with Gasteiger partial charge in [0.25, 0.3) is 0 Å². The highest BCUT2D eigenvalue weighted by molar-refractivity contribution is 5.61. The first kappa shape index (κ1) is 17.0. The molecule has 0 bridgehead atoms. The van der Waals surface area contributed by atoms with Gasteiger partial charge in [-0.05, 0) is 24.8 Å². The fourth-order valence-electron chi connectivity index (χ4n) is 1.84. The molecule has 3 nitrogen and oxygen atoms in total. The second kappa shape index (κ2) is 9.01. The van der Waals surface area contributed by atoms with Crippen molar-refractivity contribution in [2.24, 2.45) is 5.92 Å². The molecule has 0 saturated heterocycles.